The first kappa shape index (κ1) is 20.7. The van der Waals surface area contributed by atoms with Crippen LogP contribution in [0.4, 0.5) is 5.82 Å². The Balaban J connectivity index is 1.86. The third kappa shape index (κ3) is 4.54. The third-order valence-corrected chi connectivity index (χ3v) is 5.05. The van der Waals surface area contributed by atoms with Gasteiger partial charge >= 0.3 is 11.7 Å². The minimum Gasteiger partial charge on any atom is -0.454 e. The number of rotatable bonds is 6. The van der Waals surface area contributed by atoms with Crippen LogP contribution in [0.2, 0.25) is 0 Å². The summed E-state index contributed by atoms with van der Waals surface area (Å²) in [4.78, 5) is 40.6. The standard InChI is InChI=1S/C21H25N3O5/c1-4-15-13(3)18(29-20(26)14-9-7-6-8-10-14)19(28-15)24-12-11-16(23-21(24)27)22-17(25)5-2/h6-13,15,18-19H,4-5H2,1-3H3,(H,22,23,25,27)/t13-,15-,18+,19-/m1/s1. The molecule has 4 atom stereocenters. The predicted octanol–water partition coefficient (Wildman–Crippen LogP) is 2.76. The summed E-state index contributed by atoms with van der Waals surface area (Å²) >= 11 is 0. The Labute approximate surface area is 168 Å². The lowest BCUT2D eigenvalue weighted by molar-refractivity contribution is -0.115. The van der Waals surface area contributed by atoms with E-state index in [9.17, 15) is 14.4 Å². The number of ether oxygens (including phenoxy) is 2. The molecule has 0 spiro atoms. The average Bonchev–Trinajstić information content (AvgIpc) is 3.04. The number of hydrogen-bond donors (Lipinski definition) is 1. The summed E-state index contributed by atoms with van der Waals surface area (Å²) in [5, 5.41) is 2.55. The van der Waals surface area contributed by atoms with Crippen LogP contribution in [-0.4, -0.2) is 33.6 Å². The maximum absolute atomic E-state index is 12.6. The summed E-state index contributed by atoms with van der Waals surface area (Å²) in [6, 6.07) is 10.2. The molecule has 0 saturated carbocycles. The monoisotopic (exact) mass is 399 g/mol. The fourth-order valence-corrected chi connectivity index (χ4v) is 3.38. The first-order valence-corrected chi connectivity index (χ1v) is 9.75. The molecule has 1 N–H and O–H groups in total. The van der Waals surface area contributed by atoms with Gasteiger partial charge in [0.2, 0.25) is 5.91 Å². The molecule has 0 aliphatic carbocycles. The van der Waals surface area contributed by atoms with Crippen molar-refractivity contribution >= 4 is 17.7 Å². The fraction of sp³-hybridized carbons (Fsp3) is 0.429. The highest BCUT2D eigenvalue weighted by molar-refractivity contribution is 5.89. The fourth-order valence-electron chi connectivity index (χ4n) is 3.38. The molecule has 1 aliphatic heterocycles. The topological polar surface area (TPSA) is 99.5 Å². The normalized spacial score (nSPS) is 23.6. The van der Waals surface area contributed by atoms with E-state index in [1.165, 1.54) is 16.8 Å². The van der Waals surface area contributed by atoms with Gasteiger partial charge in [-0.25, -0.2) is 9.59 Å². The number of benzene rings is 1. The van der Waals surface area contributed by atoms with Crippen LogP contribution < -0.4 is 11.0 Å². The van der Waals surface area contributed by atoms with Crippen molar-refractivity contribution in [3.8, 4) is 0 Å². The summed E-state index contributed by atoms with van der Waals surface area (Å²) in [5.41, 5.74) is -0.157. The number of amides is 1. The van der Waals surface area contributed by atoms with E-state index in [2.05, 4.69) is 10.3 Å². The molecule has 1 aromatic heterocycles. The molecule has 2 aromatic rings. The lowest BCUT2D eigenvalue weighted by atomic mass is 9.98. The van der Waals surface area contributed by atoms with Crippen LogP contribution in [0.25, 0.3) is 0 Å². The van der Waals surface area contributed by atoms with Crippen molar-refractivity contribution in [2.75, 3.05) is 5.32 Å². The highest BCUT2D eigenvalue weighted by Gasteiger charge is 2.45. The molecule has 154 valence electrons. The Bertz CT molecular complexity index is 927. The van der Waals surface area contributed by atoms with Gasteiger partial charge in [-0.15, -0.1) is 0 Å². The van der Waals surface area contributed by atoms with Gasteiger partial charge in [-0.2, -0.15) is 4.98 Å². The Kier molecular flexibility index (Phi) is 6.43. The number of nitrogens with zero attached hydrogens (tertiary/aromatic N) is 2. The van der Waals surface area contributed by atoms with E-state index in [-0.39, 0.29) is 30.2 Å². The number of carbonyl (C=O) groups excluding carboxylic acids is 2. The van der Waals surface area contributed by atoms with Crippen molar-refractivity contribution < 1.29 is 19.1 Å². The molecule has 8 nitrogen and oxygen atoms in total. The molecular formula is C21H25N3O5. The smallest absolute Gasteiger partial charge is 0.351 e. The first-order valence-electron chi connectivity index (χ1n) is 9.75. The van der Waals surface area contributed by atoms with Crippen molar-refractivity contribution in [3.63, 3.8) is 0 Å². The zero-order chi connectivity index (χ0) is 21.0. The lowest BCUT2D eigenvalue weighted by Gasteiger charge is -2.23. The van der Waals surface area contributed by atoms with Crippen molar-refractivity contribution in [1.82, 2.24) is 9.55 Å². The van der Waals surface area contributed by atoms with Crippen molar-refractivity contribution in [1.29, 1.82) is 0 Å². The van der Waals surface area contributed by atoms with Crippen molar-refractivity contribution in [3.05, 3.63) is 58.6 Å². The quantitative estimate of drug-likeness (QED) is 0.750. The predicted molar refractivity (Wildman–Crippen MR) is 106 cm³/mol. The van der Waals surface area contributed by atoms with E-state index in [1.807, 2.05) is 19.9 Å². The summed E-state index contributed by atoms with van der Waals surface area (Å²) in [6.07, 6.45) is 0.884. The van der Waals surface area contributed by atoms with E-state index >= 15 is 0 Å². The maximum atomic E-state index is 12.6. The van der Waals surface area contributed by atoms with Crippen LogP contribution in [0.3, 0.4) is 0 Å². The van der Waals surface area contributed by atoms with E-state index in [0.717, 1.165) is 0 Å². The molecule has 0 bridgehead atoms. The van der Waals surface area contributed by atoms with Crippen LogP contribution in [0.1, 0.15) is 50.2 Å². The molecule has 1 aromatic carbocycles. The molecule has 2 heterocycles. The Morgan fingerprint density at radius 2 is 1.93 bits per heavy atom. The molecule has 1 aliphatic rings. The summed E-state index contributed by atoms with van der Waals surface area (Å²) in [6.45, 7) is 5.62. The molecule has 0 unspecified atom stereocenters. The first-order chi connectivity index (χ1) is 13.9. The number of anilines is 1. The van der Waals surface area contributed by atoms with Gasteiger partial charge in [0, 0.05) is 18.5 Å². The van der Waals surface area contributed by atoms with E-state index in [1.54, 1.807) is 31.2 Å². The van der Waals surface area contributed by atoms with Gasteiger partial charge in [-0.3, -0.25) is 9.36 Å². The molecule has 29 heavy (non-hydrogen) atoms. The van der Waals surface area contributed by atoms with Gasteiger partial charge in [0.15, 0.2) is 12.3 Å². The highest BCUT2D eigenvalue weighted by atomic mass is 16.6. The number of carbonyl (C=O) groups is 2. The van der Waals surface area contributed by atoms with E-state index in [0.29, 0.717) is 12.0 Å². The van der Waals surface area contributed by atoms with Gasteiger partial charge in [-0.05, 0) is 24.6 Å². The van der Waals surface area contributed by atoms with Crippen LogP contribution in [0.5, 0.6) is 0 Å². The summed E-state index contributed by atoms with van der Waals surface area (Å²) in [5.74, 6) is -0.639. The van der Waals surface area contributed by atoms with Crippen molar-refractivity contribution in [2.24, 2.45) is 5.92 Å². The third-order valence-electron chi connectivity index (χ3n) is 5.05. The summed E-state index contributed by atoms with van der Waals surface area (Å²) in [7, 11) is 0. The van der Waals surface area contributed by atoms with Crippen LogP contribution >= 0.6 is 0 Å². The Morgan fingerprint density at radius 3 is 2.55 bits per heavy atom. The SMILES string of the molecule is CCC(=O)Nc1ccn([C@@H]2O[C@H](CC)[C@@H](C)[C@@H]2OC(=O)c2ccccc2)c(=O)n1. The van der Waals surface area contributed by atoms with Gasteiger partial charge in [0.1, 0.15) is 5.82 Å². The molecule has 1 amide bonds. The maximum Gasteiger partial charge on any atom is 0.351 e. The number of nitrogens with one attached hydrogen (secondary N) is 1. The van der Waals surface area contributed by atoms with E-state index < -0.39 is 24.0 Å². The molecule has 0 radical (unpaired) electrons. The second kappa shape index (κ2) is 9.00. The van der Waals surface area contributed by atoms with E-state index in [4.69, 9.17) is 9.47 Å². The largest absolute Gasteiger partial charge is 0.454 e. The van der Waals surface area contributed by atoms with Gasteiger partial charge in [0.05, 0.1) is 11.7 Å². The van der Waals surface area contributed by atoms with Gasteiger partial charge in [-0.1, -0.05) is 39.0 Å². The second-order valence-corrected chi connectivity index (χ2v) is 6.97. The Morgan fingerprint density at radius 1 is 1.21 bits per heavy atom. The van der Waals surface area contributed by atoms with Gasteiger partial charge in [0.25, 0.3) is 0 Å². The zero-order valence-corrected chi connectivity index (χ0v) is 16.7. The Hall–Kier alpha value is -3.00. The highest BCUT2D eigenvalue weighted by Crippen LogP contribution is 2.37. The van der Waals surface area contributed by atoms with Crippen LogP contribution in [0, 0.1) is 5.92 Å². The summed E-state index contributed by atoms with van der Waals surface area (Å²) < 4.78 is 13.1. The molecule has 1 saturated heterocycles. The van der Waals surface area contributed by atoms with Crippen LogP contribution in [0.15, 0.2) is 47.4 Å². The lowest BCUT2D eigenvalue weighted by Crippen LogP contribution is -2.36. The minimum atomic E-state index is -0.793. The number of hydrogen-bond acceptors (Lipinski definition) is 6. The molecule has 8 heteroatoms. The molecular weight excluding hydrogens is 374 g/mol. The number of aromatic nitrogens is 2. The average molecular weight is 399 g/mol. The van der Waals surface area contributed by atoms with Gasteiger partial charge < -0.3 is 14.8 Å². The van der Waals surface area contributed by atoms with Crippen LogP contribution in [-0.2, 0) is 14.3 Å². The zero-order valence-electron chi connectivity index (χ0n) is 16.7. The molecule has 3 rings (SSSR count). The second-order valence-electron chi connectivity index (χ2n) is 6.97. The minimum absolute atomic E-state index is 0.107. The molecule has 1 fully saturated rings. The van der Waals surface area contributed by atoms with Crippen molar-refractivity contribution in [2.45, 2.75) is 52.0 Å². The number of esters is 1.